The van der Waals surface area contributed by atoms with Crippen LogP contribution in [0.1, 0.15) is 30.0 Å². The summed E-state index contributed by atoms with van der Waals surface area (Å²) in [7, 11) is 1.54. The average molecular weight is 381 g/mol. The Morgan fingerprint density at radius 3 is 2.64 bits per heavy atom. The minimum Gasteiger partial charge on any atom is -0.495 e. The molecule has 0 aliphatic rings. The normalized spacial score (nSPS) is 10.8. The van der Waals surface area contributed by atoms with Crippen LogP contribution in [0.2, 0.25) is 0 Å². The van der Waals surface area contributed by atoms with E-state index >= 15 is 0 Å². The fourth-order valence-electron chi connectivity index (χ4n) is 2.75. The lowest BCUT2D eigenvalue weighted by Gasteiger charge is -2.13. The van der Waals surface area contributed by atoms with Gasteiger partial charge in [-0.3, -0.25) is 4.79 Å². The maximum Gasteiger partial charge on any atom is 0.255 e. The summed E-state index contributed by atoms with van der Waals surface area (Å²) >= 11 is 0. The van der Waals surface area contributed by atoms with Gasteiger partial charge in [0.05, 0.1) is 18.9 Å². The number of methoxy groups -OCH3 is 1. The molecule has 0 atom stereocenters. The van der Waals surface area contributed by atoms with Gasteiger partial charge in [-0.15, -0.1) is 0 Å². The van der Waals surface area contributed by atoms with Gasteiger partial charge in [0.15, 0.2) is 0 Å². The number of furan rings is 1. The number of hydrogen-bond acceptors (Lipinski definition) is 5. The molecule has 0 bridgehead atoms. The van der Waals surface area contributed by atoms with Crippen LogP contribution < -0.4 is 14.8 Å². The lowest BCUT2D eigenvalue weighted by Crippen LogP contribution is -2.13. The van der Waals surface area contributed by atoms with Gasteiger partial charge in [0.1, 0.15) is 29.6 Å². The van der Waals surface area contributed by atoms with E-state index in [-0.39, 0.29) is 18.6 Å². The molecule has 3 rings (SSSR count). The van der Waals surface area contributed by atoms with E-state index in [1.54, 1.807) is 49.6 Å². The lowest BCUT2D eigenvalue weighted by molar-refractivity contribution is 0.102. The van der Waals surface area contributed by atoms with Crippen molar-refractivity contribution < 1.29 is 23.8 Å². The molecule has 0 fully saturated rings. The highest BCUT2D eigenvalue weighted by atomic mass is 16.5. The Balaban J connectivity index is 1.86. The van der Waals surface area contributed by atoms with Crippen molar-refractivity contribution in [3.05, 3.63) is 65.9 Å². The fraction of sp³-hybridized carbons (Fsp3) is 0.227. The van der Waals surface area contributed by atoms with Crippen molar-refractivity contribution >= 4 is 11.6 Å². The topological polar surface area (TPSA) is 80.9 Å². The Labute approximate surface area is 163 Å². The molecule has 1 aromatic heterocycles. The monoisotopic (exact) mass is 381 g/mol. The van der Waals surface area contributed by atoms with Crippen LogP contribution >= 0.6 is 0 Å². The molecule has 2 aromatic carbocycles. The third-order valence-corrected chi connectivity index (χ3v) is 4.02. The highest BCUT2D eigenvalue weighted by Gasteiger charge is 2.14. The van der Waals surface area contributed by atoms with Crippen molar-refractivity contribution in [3.63, 3.8) is 0 Å². The molecule has 0 unspecified atom stereocenters. The smallest absolute Gasteiger partial charge is 0.255 e. The van der Waals surface area contributed by atoms with E-state index in [2.05, 4.69) is 5.32 Å². The van der Waals surface area contributed by atoms with E-state index in [1.165, 1.54) is 0 Å². The first-order chi connectivity index (χ1) is 13.5. The zero-order valence-electron chi connectivity index (χ0n) is 16.1. The van der Waals surface area contributed by atoms with Crippen molar-refractivity contribution in [1.29, 1.82) is 0 Å². The predicted octanol–water partition coefficient (Wildman–Crippen LogP) is 4.49. The fourth-order valence-corrected chi connectivity index (χ4v) is 2.75. The van der Waals surface area contributed by atoms with E-state index in [9.17, 15) is 9.90 Å². The number of hydrogen-bond donors (Lipinski definition) is 2. The first kappa shape index (κ1) is 19.5. The molecule has 0 saturated heterocycles. The first-order valence-corrected chi connectivity index (χ1v) is 8.96. The number of nitrogens with one attached hydrogen (secondary N) is 1. The maximum absolute atomic E-state index is 12.7. The minimum absolute atomic E-state index is 0.0206. The summed E-state index contributed by atoms with van der Waals surface area (Å²) in [6.07, 6.45) is 0.0206. The number of carbonyl (C=O) groups is 1. The number of ether oxygens (including phenoxy) is 2. The summed E-state index contributed by atoms with van der Waals surface area (Å²) in [5, 5.41) is 12.1. The molecule has 0 spiro atoms. The molecule has 0 aliphatic carbocycles. The summed E-state index contributed by atoms with van der Waals surface area (Å²) in [5.41, 5.74) is 1.75. The lowest BCUT2D eigenvalue weighted by atomic mass is 10.1. The van der Waals surface area contributed by atoms with Gasteiger partial charge in [-0.25, -0.2) is 0 Å². The van der Waals surface area contributed by atoms with Gasteiger partial charge in [0, 0.05) is 11.1 Å². The van der Waals surface area contributed by atoms with E-state index in [1.807, 2.05) is 26.0 Å². The highest BCUT2D eigenvalue weighted by Crippen LogP contribution is 2.32. The van der Waals surface area contributed by atoms with Crippen LogP contribution in [0.15, 0.2) is 59.0 Å². The Morgan fingerprint density at radius 2 is 1.96 bits per heavy atom. The van der Waals surface area contributed by atoms with Gasteiger partial charge >= 0.3 is 0 Å². The van der Waals surface area contributed by atoms with Crippen molar-refractivity contribution in [3.8, 4) is 22.8 Å². The quantitative estimate of drug-likeness (QED) is 0.630. The number of amides is 1. The summed E-state index contributed by atoms with van der Waals surface area (Å²) in [4.78, 5) is 12.7. The molecule has 0 radical (unpaired) electrons. The second-order valence-electron chi connectivity index (χ2n) is 6.49. The van der Waals surface area contributed by atoms with Crippen LogP contribution in [0.4, 0.5) is 5.69 Å². The summed E-state index contributed by atoms with van der Waals surface area (Å²) in [6, 6.07) is 15.8. The van der Waals surface area contributed by atoms with Crippen LogP contribution in [0.3, 0.4) is 0 Å². The van der Waals surface area contributed by atoms with E-state index in [4.69, 9.17) is 13.9 Å². The standard InChI is InChI=1S/C22H23NO5/c1-14(2)27-17-6-4-5-16(11-17)22(25)23-19-12-15(7-9-21(19)26-3)20-10-8-18(13-24)28-20/h4-12,14,24H,13H2,1-3H3,(H,23,25). The van der Waals surface area contributed by atoms with E-state index < -0.39 is 0 Å². The van der Waals surface area contributed by atoms with Crippen molar-refractivity contribution in [2.75, 3.05) is 12.4 Å². The van der Waals surface area contributed by atoms with Crippen LogP contribution in [0, 0.1) is 0 Å². The Hall–Kier alpha value is -3.25. The highest BCUT2D eigenvalue weighted by molar-refractivity contribution is 6.05. The molecule has 1 amide bonds. The molecular weight excluding hydrogens is 358 g/mol. The summed E-state index contributed by atoms with van der Waals surface area (Å²) in [5.74, 6) is 1.95. The third kappa shape index (κ3) is 4.53. The van der Waals surface area contributed by atoms with Crippen LogP contribution in [0.25, 0.3) is 11.3 Å². The van der Waals surface area contributed by atoms with Gasteiger partial charge in [-0.05, 0) is 62.4 Å². The molecule has 146 valence electrons. The second kappa shape index (κ2) is 8.63. The molecule has 0 saturated carbocycles. The zero-order chi connectivity index (χ0) is 20.1. The van der Waals surface area contributed by atoms with Gasteiger partial charge in [-0.1, -0.05) is 6.07 Å². The average Bonchev–Trinajstić information content (AvgIpc) is 3.17. The molecule has 3 aromatic rings. The van der Waals surface area contributed by atoms with Crippen molar-refractivity contribution in [2.24, 2.45) is 0 Å². The largest absolute Gasteiger partial charge is 0.495 e. The van der Waals surface area contributed by atoms with Crippen LogP contribution in [0.5, 0.6) is 11.5 Å². The molecule has 6 heteroatoms. The van der Waals surface area contributed by atoms with Crippen molar-refractivity contribution in [2.45, 2.75) is 26.6 Å². The number of benzene rings is 2. The van der Waals surface area contributed by atoms with Crippen molar-refractivity contribution in [1.82, 2.24) is 0 Å². The molecule has 6 nitrogen and oxygen atoms in total. The predicted molar refractivity (Wildman–Crippen MR) is 107 cm³/mol. The Kier molecular flexibility index (Phi) is 6.01. The number of aliphatic hydroxyl groups is 1. The zero-order valence-corrected chi connectivity index (χ0v) is 16.1. The Morgan fingerprint density at radius 1 is 1.14 bits per heavy atom. The summed E-state index contributed by atoms with van der Waals surface area (Å²) < 4.78 is 16.6. The molecule has 28 heavy (non-hydrogen) atoms. The summed E-state index contributed by atoms with van der Waals surface area (Å²) in [6.45, 7) is 3.69. The van der Waals surface area contributed by atoms with Crippen LogP contribution in [-0.4, -0.2) is 24.2 Å². The number of carbonyl (C=O) groups excluding carboxylic acids is 1. The van der Waals surface area contributed by atoms with Gasteiger partial charge in [0.2, 0.25) is 0 Å². The number of rotatable bonds is 7. The molecule has 0 aliphatic heterocycles. The van der Waals surface area contributed by atoms with E-state index in [0.717, 1.165) is 5.56 Å². The van der Waals surface area contributed by atoms with Crippen LogP contribution in [-0.2, 0) is 6.61 Å². The first-order valence-electron chi connectivity index (χ1n) is 8.96. The second-order valence-corrected chi connectivity index (χ2v) is 6.49. The van der Waals surface area contributed by atoms with E-state index in [0.29, 0.717) is 34.3 Å². The number of anilines is 1. The number of aliphatic hydroxyl groups excluding tert-OH is 1. The Bertz CT molecular complexity index is 961. The molecular formula is C22H23NO5. The SMILES string of the molecule is COc1ccc(-c2ccc(CO)o2)cc1NC(=O)c1cccc(OC(C)C)c1. The van der Waals surface area contributed by atoms with Gasteiger partial charge in [-0.2, -0.15) is 0 Å². The van der Waals surface area contributed by atoms with Gasteiger partial charge in [0.25, 0.3) is 5.91 Å². The molecule has 1 heterocycles. The minimum atomic E-state index is -0.278. The maximum atomic E-state index is 12.7. The van der Waals surface area contributed by atoms with Gasteiger partial charge < -0.3 is 24.3 Å². The third-order valence-electron chi connectivity index (χ3n) is 4.02. The molecule has 2 N–H and O–H groups in total.